The first-order valence-corrected chi connectivity index (χ1v) is 4.89. The fourth-order valence-corrected chi connectivity index (χ4v) is 2.22. The van der Waals surface area contributed by atoms with Crippen LogP contribution in [0.1, 0.15) is 25.7 Å². The Kier molecular flexibility index (Phi) is 2.28. The zero-order valence-corrected chi connectivity index (χ0v) is 7.61. The van der Waals surface area contributed by atoms with Crippen molar-refractivity contribution in [3.8, 4) is 0 Å². The van der Waals surface area contributed by atoms with E-state index in [1.807, 2.05) is 0 Å². The number of alkyl halides is 2. The van der Waals surface area contributed by atoms with Gasteiger partial charge in [-0.05, 0) is 32.2 Å². The van der Waals surface area contributed by atoms with Crippen LogP contribution in [-0.4, -0.2) is 31.2 Å². The Hall–Kier alpha value is -0.220. The Labute approximate surface area is 76.6 Å². The lowest BCUT2D eigenvalue weighted by atomic mass is 9.82. The lowest BCUT2D eigenvalue weighted by Gasteiger charge is -2.45. The molecule has 1 unspecified atom stereocenters. The third kappa shape index (κ3) is 1.46. The van der Waals surface area contributed by atoms with Gasteiger partial charge >= 0.3 is 0 Å². The molecule has 0 aliphatic carbocycles. The maximum atomic E-state index is 13.6. The minimum absolute atomic E-state index is 0.229. The van der Waals surface area contributed by atoms with Gasteiger partial charge in [0.25, 0.3) is 5.92 Å². The van der Waals surface area contributed by atoms with Gasteiger partial charge < -0.3 is 10.1 Å². The molecule has 1 atom stereocenters. The molecule has 0 aromatic carbocycles. The van der Waals surface area contributed by atoms with Crippen LogP contribution in [0.2, 0.25) is 0 Å². The molecule has 1 N–H and O–H groups in total. The molecule has 1 spiro atoms. The van der Waals surface area contributed by atoms with E-state index < -0.39 is 11.5 Å². The Balaban J connectivity index is 2.16. The van der Waals surface area contributed by atoms with E-state index in [-0.39, 0.29) is 6.54 Å². The number of hydrogen-bond acceptors (Lipinski definition) is 2. The van der Waals surface area contributed by atoms with Crippen molar-refractivity contribution in [1.82, 2.24) is 5.32 Å². The van der Waals surface area contributed by atoms with Crippen molar-refractivity contribution in [3.63, 3.8) is 0 Å². The van der Waals surface area contributed by atoms with E-state index in [0.29, 0.717) is 26.0 Å². The van der Waals surface area contributed by atoms with Crippen molar-refractivity contribution >= 4 is 0 Å². The molecule has 0 aromatic heterocycles. The van der Waals surface area contributed by atoms with Gasteiger partial charge in [0.1, 0.15) is 5.60 Å². The highest BCUT2D eigenvalue weighted by molar-refractivity contribution is 5.01. The topological polar surface area (TPSA) is 21.3 Å². The highest BCUT2D eigenvalue weighted by atomic mass is 19.3. The summed E-state index contributed by atoms with van der Waals surface area (Å²) in [5.41, 5.74) is -1.14. The lowest BCUT2D eigenvalue weighted by molar-refractivity contribution is -0.236. The standard InChI is InChI=1S/C9H15F2NO/c10-9(11)7-12-5-4-8(9)3-1-2-6-13-8/h12H,1-7H2. The number of rotatable bonds is 0. The smallest absolute Gasteiger partial charge is 0.288 e. The molecule has 0 saturated carbocycles. The lowest BCUT2D eigenvalue weighted by Crippen LogP contribution is -2.61. The average molecular weight is 191 g/mol. The third-order valence-corrected chi connectivity index (χ3v) is 3.07. The molecule has 2 aliphatic heterocycles. The highest BCUT2D eigenvalue weighted by Gasteiger charge is 2.56. The molecule has 0 bridgehead atoms. The van der Waals surface area contributed by atoms with Crippen LogP contribution in [0.25, 0.3) is 0 Å². The largest absolute Gasteiger partial charge is 0.369 e. The van der Waals surface area contributed by atoms with Crippen molar-refractivity contribution in [3.05, 3.63) is 0 Å². The van der Waals surface area contributed by atoms with E-state index in [1.165, 1.54) is 0 Å². The van der Waals surface area contributed by atoms with Gasteiger partial charge in [0.2, 0.25) is 0 Å². The second-order valence-corrected chi connectivity index (χ2v) is 3.93. The van der Waals surface area contributed by atoms with Gasteiger partial charge in [-0.2, -0.15) is 0 Å². The number of halogens is 2. The van der Waals surface area contributed by atoms with Crippen molar-refractivity contribution in [1.29, 1.82) is 0 Å². The highest BCUT2D eigenvalue weighted by Crippen LogP contribution is 2.42. The summed E-state index contributed by atoms with van der Waals surface area (Å²) in [7, 11) is 0. The molecular formula is C9H15F2NO. The minimum Gasteiger partial charge on any atom is -0.369 e. The van der Waals surface area contributed by atoms with Crippen LogP contribution < -0.4 is 5.32 Å². The number of hydrogen-bond donors (Lipinski definition) is 1. The molecule has 0 amide bonds. The zero-order chi connectivity index (χ0) is 9.36. The summed E-state index contributed by atoms with van der Waals surface area (Å²) in [6.45, 7) is 0.915. The number of nitrogens with one attached hydrogen (secondary N) is 1. The molecule has 2 saturated heterocycles. The Morgan fingerprint density at radius 2 is 2.00 bits per heavy atom. The quantitative estimate of drug-likeness (QED) is 0.627. The molecule has 2 nitrogen and oxygen atoms in total. The fraction of sp³-hybridized carbons (Fsp3) is 1.00. The van der Waals surface area contributed by atoms with E-state index in [2.05, 4.69) is 5.32 Å². The Morgan fingerprint density at radius 1 is 1.15 bits per heavy atom. The second-order valence-electron chi connectivity index (χ2n) is 3.93. The summed E-state index contributed by atoms with van der Waals surface area (Å²) in [6.07, 6.45) is 2.75. The summed E-state index contributed by atoms with van der Waals surface area (Å²) in [6, 6.07) is 0. The Bertz CT molecular complexity index is 182. The molecule has 4 heteroatoms. The van der Waals surface area contributed by atoms with E-state index >= 15 is 0 Å². The molecule has 2 rings (SSSR count). The van der Waals surface area contributed by atoms with Crippen molar-refractivity contribution in [2.24, 2.45) is 0 Å². The molecule has 2 fully saturated rings. The average Bonchev–Trinajstić information content (AvgIpc) is 2.12. The van der Waals surface area contributed by atoms with Crippen LogP contribution in [0, 0.1) is 0 Å². The maximum Gasteiger partial charge on any atom is 0.288 e. The summed E-state index contributed by atoms with van der Waals surface area (Å²) in [5.74, 6) is -2.69. The van der Waals surface area contributed by atoms with Crippen LogP contribution in [-0.2, 0) is 4.74 Å². The summed E-state index contributed by atoms with van der Waals surface area (Å²) in [4.78, 5) is 0. The van der Waals surface area contributed by atoms with Gasteiger partial charge in [0, 0.05) is 6.61 Å². The molecule has 0 radical (unpaired) electrons. The summed E-state index contributed by atoms with van der Waals surface area (Å²) >= 11 is 0. The minimum atomic E-state index is -2.69. The predicted molar refractivity (Wildman–Crippen MR) is 45.0 cm³/mol. The molecule has 13 heavy (non-hydrogen) atoms. The van der Waals surface area contributed by atoms with Gasteiger partial charge in [-0.1, -0.05) is 0 Å². The zero-order valence-electron chi connectivity index (χ0n) is 7.61. The van der Waals surface area contributed by atoms with Crippen molar-refractivity contribution in [2.75, 3.05) is 19.7 Å². The molecule has 76 valence electrons. The van der Waals surface area contributed by atoms with Gasteiger partial charge in [-0.25, -0.2) is 8.78 Å². The third-order valence-electron chi connectivity index (χ3n) is 3.07. The van der Waals surface area contributed by atoms with E-state index in [4.69, 9.17) is 4.74 Å². The van der Waals surface area contributed by atoms with E-state index in [0.717, 1.165) is 12.8 Å². The first-order chi connectivity index (χ1) is 6.16. The molecule has 2 aliphatic rings. The van der Waals surface area contributed by atoms with Crippen LogP contribution in [0.4, 0.5) is 8.78 Å². The monoisotopic (exact) mass is 191 g/mol. The van der Waals surface area contributed by atoms with Gasteiger partial charge in [-0.15, -0.1) is 0 Å². The van der Waals surface area contributed by atoms with Crippen LogP contribution in [0.3, 0.4) is 0 Å². The molecular weight excluding hydrogens is 176 g/mol. The first-order valence-electron chi connectivity index (χ1n) is 4.89. The van der Waals surface area contributed by atoms with Crippen LogP contribution >= 0.6 is 0 Å². The number of piperidine rings is 1. The van der Waals surface area contributed by atoms with Crippen molar-refractivity contribution in [2.45, 2.75) is 37.2 Å². The fourth-order valence-electron chi connectivity index (χ4n) is 2.22. The van der Waals surface area contributed by atoms with Gasteiger partial charge in [0.05, 0.1) is 6.54 Å². The summed E-state index contributed by atoms with van der Waals surface area (Å²) in [5, 5.41) is 2.72. The number of ether oxygens (including phenoxy) is 1. The SMILES string of the molecule is FC1(F)CNCCC12CCCCO2. The molecule has 0 aromatic rings. The molecule has 2 heterocycles. The predicted octanol–water partition coefficient (Wildman–Crippen LogP) is 1.55. The second kappa shape index (κ2) is 3.17. The van der Waals surface area contributed by atoms with E-state index in [9.17, 15) is 8.78 Å². The first kappa shape index (κ1) is 9.34. The van der Waals surface area contributed by atoms with Gasteiger partial charge in [0.15, 0.2) is 0 Å². The van der Waals surface area contributed by atoms with Crippen LogP contribution in [0.5, 0.6) is 0 Å². The summed E-state index contributed by atoms with van der Waals surface area (Å²) < 4.78 is 32.4. The van der Waals surface area contributed by atoms with Crippen molar-refractivity contribution < 1.29 is 13.5 Å². The van der Waals surface area contributed by atoms with Crippen LogP contribution in [0.15, 0.2) is 0 Å². The van der Waals surface area contributed by atoms with E-state index in [1.54, 1.807) is 0 Å². The Morgan fingerprint density at radius 3 is 2.62 bits per heavy atom. The maximum absolute atomic E-state index is 13.6. The van der Waals surface area contributed by atoms with Gasteiger partial charge in [-0.3, -0.25) is 0 Å². The normalized spacial score (nSPS) is 39.2.